The van der Waals surface area contributed by atoms with Crippen molar-refractivity contribution in [1.29, 1.82) is 0 Å². The molecule has 0 heterocycles. The summed E-state index contributed by atoms with van der Waals surface area (Å²) in [6.07, 6.45) is 1.41. The van der Waals surface area contributed by atoms with Crippen LogP contribution in [0.2, 0.25) is 0 Å². The number of ether oxygens (including phenoxy) is 2. The number of nitrogens with one attached hydrogen (secondary N) is 2. The van der Waals surface area contributed by atoms with Crippen molar-refractivity contribution >= 4 is 33.7 Å². The van der Waals surface area contributed by atoms with Crippen molar-refractivity contribution in [1.82, 2.24) is 10.7 Å². The number of carbonyl (C=O) groups is 2. The minimum atomic E-state index is -4.10. The summed E-state index contributed by atoms with van der Waals surface area (Å²) in [5, 5.41) is 6.69. The van der Waals surface area contributed by atoms with Crippen LogP contribution in [-0.2, 0) is 19.6 Å². The zero-order valence-corrected chi connectivity index (χ0v) is 23.1. The molecule has 0 aromatic heterocycles. The third-order valence-electron chi connectivity index (χ3n) is 5.35. The van der Waals surface area contributed by atoms with Crippen molar-refractivity contribution in [2.45, 2.75) is 31.7 Å². The first-order valence-corrected chi connectivity index (χ1v) is 13.6. The molecular weight excluding hydrogens is 520 g/mol. The highest BCUT2D eigenvalue weighted by Gasteiger charge is 2.29. The van der Waals surface area contributed by atoms with E-state index in [-0.39, 0.29) is 29.1 Å². The molecule has 10 nitrogen and oxygen atoms in total. The lowest BCUT2D eigenvalue weighted by molar-refractivity contribution is -0.123. The quantitative estimate of drug-likeness (QED) is 0.262. The van der Waals surface area contributed by atoms with Crippen LogP contribution in [-0.4, -0.2) is 52.8 Å². The number of hydrogen-bond donors (Lipinski definition) is 2. The normalized spacial score (nSPS) is 11.3. The molecule has 0 aliphatic heterocycles. The minimum Gasteiger partial charge on any atom is -0.495 e. The highest BCUT2D eigenvalue weighted by atomic mass is 32.2. The maximum atomic E-state index is 13.5. The molecule has 0 saturated carbocycles. The third kappa shape index (κ3) is 8.30. The highest BCUT2D eigenvalue weighted by Crippen LogP contribution is 2.32. The van der Waals surface area contributed by atoms with Gasteiger partial charge in [-0.1, -0.05) is 29.8 Å². The predicted octanol–water partition coefficient (Wildman–Crippen LogP) is 3.25. The maximum Gasteiger partial charge on any atom is 0.264 e. The molecular formula is C28H32N4O6S. The molecule has 3 aromatic carbocycles. The maximum absolute atomic E-state index is 13.5. The van der Waals surface area contributed by atoms with Crippen LogP contribution in [0.15, 0.2) is 82.8 Å². The second-order valence-electron chi connectivity index (χ2n) is 8.87. The molecule has 0 unspecified atom stereocenters. The number of aryl methyl sites for hydroxylation is 1. The Labute approximate surface area is 228 Å². The monoisotopic (exact) mass is 552 g/mol. The van der Waals surface area contributed by atoms with Gasteiger partial charge in [0.2, 0.25) is 0 Å². The molecule has 0 fully saturated rings. The Kier molecular flexibility index (Phi) is 10.0. The van der Waals surface area contributed by atoms with E-state index in [1.807, 2.05) is 20.8 Å². The van der Waals surface area contributed by atoms with Crippen molar-refractivity contribution in [3.8, 4) is 11.5 Å². The summed E-state index contributed by atoms with van der Waals surface area (Å²) in [7, 11) is -2.67. The van der Waals surface area contributed by atoms with Gasteiger partial charge in [-0.05, 0) is 74.9 Å². The van der Waals surface area contributed by atoms with Gasteiger partial charge in [0.1, 0.15) is 18.0 Å². The largest absolute Gasteiger partial charge is 0.495 e. The molecule has 0 spiro atoms. The summed E-state index contributed by atoms with van der Waals surface area (Å²) < 4.78 is 38.9. The molecule has 0 atom stereocenters. The van der Waals surface area contributed by atoms with E-state index in [1.165, 1.54) is 25.5 Å². The number of rotatable bonds is 12. The summed E-state index contributed by atoms with van der Waals surface area (Å²) in [5.74, 6) is -0.0637. The van der Waals surface area contributed by atoms with Crippen LogP contribution in [0.25, 0.3) is 0 Å². The number of benzene rings is 3. The van der Waals surface area contributed by atoms with Gasteiger partial charge in [0.05, 0.1) is 23.9 Å². The average Bonchev–Trinajstić information content (AvgIpc) is 2.91. The summed E-state index contributed by atoms with van der Waals surface area (Å²) in [4.78, 5) is 24.6. The first-order chi connectivity index (χ1) is 18.6. The summed E-state index contributed by atoms with van der Waals surface area (Å²) in [5.41, 5.74) is 4.15. The number of hydrogen-bond acceptors (Lipinski definition) is 7. The Morgan fingerprint density at radius 3 is 2.28 bits per heavy atom. The molecule has 0 aliphatic carbocycles. The zero-order chi connectivity index (χ0) is 28.4. The predicted molar refractivity (Wildman–Crippen MR) is 150 cm³/mol. The van der Waals surface area contributed by atoms with Crippen molar-refractivity contribution in [3.05, 3.63) is 83.9 Å². The number of hydrazone groups is 1. The average molecular weight is 553 g/mol. The molecule has 2 amide bonds. The molecule has 0 aliphatic rings. The molecule has 3 rings (SSSR count). The molecule has 0 bridgehead atoms. The SMILES string of the molecule is COc1ccccc1N(CC(=O)N/N=C/c1ccc(OCC(=O)NC(C)C)cc1)S(=O)(=O)c1ccc(C)cc1. The summed E-state index contributed by atoms with van der Waals surface area (Å²) in [6.45, 7) is 4.95. The fourth-order valence-electron chi connectivity index (χ4n) is 3.48. The Balaban J connectivity index is 1.70. The lowest BCUT2D eigenvalue weighted by Gasteiger charge is -2.25. The fraction of sp³-hybridized carbons (Fsp3) is 0.250. The van der Waals surface area contributed by atoms with Crippen molar-refractivity contribution in [2.24, 2.45) is 5.10 Å². The lowest BCUT2D eigenvalue weighted by Crippen LogP contribution is -2.39. The van der Waals surface area contributed by atoms with Gasteiger partial charge in [-0.25, -0.2) is 13.8 Å². The molecule has 0 saturated heterocycles. The number of methoxy groups -OCH3 is 1. The van der Waals surface area contributed by atoms with Crippen LogP contribution in [0.5, 0.6) is 11.5 Å². The van der Waals surface area contributed by atoms with Crippen LogP contribution in [0, 0.1) is 6.92 Å². The Bertz CT molecular complexity index is 1400. The Morgan fingerprint density at radius 1 is 0.974 bits per heavy atom. The van der Waals surface area contributed by atoms with Gasteiger partial charge in [-0.3, -0.25) is 13.9 Å². The number of amides is 2. The van der Waals surface area contributed by atoms with Crippen molar-refractivity contribution < 1.29 is 27.5 Å². The number of nitrogens with zero attached hydrogens (tertiary/aromatic N) is 2. The van der Waals surface area contributed by atoms with Crippen LogP contribution in [0.4, 0.5) is 5.69 Å². The van der Waals surface area contributed by atoms with E-state index in [0.29, 0.717) is 17.1 Å². The standard InChI is InChI=1S/C28H32N4O6S/c1-20(2)30-28(34)19-38-23-13-11-22(12-14-23)17-29-31-27(33)18-32(25-7-5-6-8-26(25)37-4)39(35,36)24-15-9-21(3)10-16-24/h5-17,20H,18-19H2,1-4H3,(H,30,34)(H,31,33)/b29-17+. The van der Waals surface area contributed by atoms with Gasteiger partial charge >= 0.3 is 0 Å². The van der Waals surface area contributed by atoms with Crippen LogP contribution < -0.4 is 24.5 Å². The van der Waals surface area contributed by atoms with E-state index in [4.69, 9.17) is 9.47 Å². The van der Waals surface area contributed by atoms with E-state index in [0.717, 1.165) is 9.87 Å². The number of carbonyl (C=O) groups excluding carboxylic acids is 2. The molecule has 39 heavy (non-hydrogen) atoms. The summed E-state index contributed by atoms with van der Waals surface area (Å²) >= 11 is 0. The second kappa shape index (κ2) is 13.4. The van der Waals surface area contributed by atoms with Gasteiger partial charge in [0.15, 0.2) is 6.61 Å². The van der Waals surface area contributed by atoms with Crippen LogP contribution >= 0.6 is 0 Å². The smallest absolute Gasteiger partial charge is 0.264 e. The fourth-order valence-corrected chi connectivity index (χ4v) is 4.91. The first-order valence-electron chi connectivity index (χ1n) is 12.2. The van der Waals surface area contributed by atoms with Gasteiger partial charge in [-0.2, -0.15) is 5.10 Å². The Hall–Kier alpha value is -4.38. The van der Waals surface area contributed by atoms with E-state index >= 15 is 0 Å². The van der Waals surface area contributed by atoms with Gasteiger partial charge in [0.25, 0.3) is 21.8 Å². The number of para-hydroxylation sites is 2. The van der Waals surface area contributed by atoms with E-state index in [9.17, 15) is 18.0 Å². The van der Waals surface area contributed by atoms with Crippen LogP contribution in [0.1, 0.15) is 25.0 Å². The number of anilines is 1. The minimum absolute atomic E-state index is 0.0272. The van der Waals surface area contributed by atoms with Crippen molar-refractivity contribution in [2.75, 3.05) is 24.6 Å². The second-order valence-corrected chi connectivity index (χ2v) is 10.7. The molecule has 11 heteroatoms. The Morgan fingerprint density at radius 2 is 1.64 bits per heavy atom. The molecule has 3 aromatic rings. The highest BCUT2D eigenvalue weighted by molar-refractivity contribution is 7.92. The lowest BCUT2D eigenvalue weighted by atomic mass is 10.2. The third-order valence-corrected chi connectivity index (χ3v) is 7.13. The van der Waals surface area contributed by atoms with Gasteiger partial charge < -0.3 is 14.8 Å². The van der Waals surface area contributed by atoms with Crippen LogP contribution in [0.3, 0.4) is 0 Å². The van der Waals surface area contributed by atoms with E-state index in [2.05, 4.69) is 15.8 Å². The van der Waals surface area contributed by atoms with Crippen molar-refractivity contribution in [3.63, 3.8) is 0 Å². The van der Waals surface area contributed by atoms with Gasteiger partial charge in [0, 0.05) is 6.04 Å². The van der Waals surface area contributed by atoms with Gasteiger partial charge in [-0.15, -0.1) is 0 Å². The topological polar surface area (TPSA) is 126 Å². The number of sulfonamides is 1. The molecule has 2 N–H and O–H groups in total. The molecule has 0 radical (unpaired) electrons. The first kappa shape index (κ1) is 29.2. The molecule has 206 valence electrons. The van der Waals surface area contributed by atoms with E-state index < -0.39 is 22.5 Å². The van der Waals surface area contributed by atoms with E-state index in [1.54, 1.807) is 60.7 Å². The summed E-state index contributed by atoms with van der Waals surface area (Å²) in [6, 6.07) is 19.7. The zero-order valence-electron chi connectivity index (χ0n) is 22.2.